The Balaban J connectivity index is 2.28. The Morgan fingerprint density at radius 3 is 2.81 bits per heavy atom. The zero-order valence-electron chi connectivity index (χ0n) is 10.8. The lowest BCUT2D eigenvalue weighted by molar-refractivity contribution is -0.0304. The zero-order chi connectivity index (χ0) is 11.6. The molecule has 0 radical (unpaired) electrons. The number of hydrogen-bond donors (Lipinski definition) is 1. The summed E-state index contributed by atoms with van der Waals surface area (Å²) in [6.45, 7) is 7.96. The molecule has 1 rings (SSSR count). The molecule has 1 heterocycles. The zero-order valence-corrected chi connectivity index (χ0v) is 10.8. The van der Waals surface area contributed by atoms with E-state index in [0.717, 1.165) is 39.2 Å². The lowest BCUT2D eigenvalue weighted by Gasteiger charge is -2.31. The molecule has 1 aliphatic heterocycles. The lowest BCUT2D eigenvalue weighted by atomic mass is 10.0. The first-order chi connectivity index (χ1) is 7.88. The molecule has 2 unspecified atom stereocenters. The molecule has 0 aromatic heterocycles. The van der Waals surface area contributed by atoms with E-state index in [2.05, 4.69) is 19.2 Å². The summed E-state index contributed by atoms with van der Waals surface area (Å²) >= 11 is 0. The first-order valence-electron chi connectivity index (χ1n) is 6.81. The molecule has 1 aliphatic rings. The van der Waals surface area contributed by atoms with Gasteiger partial charge >= 0.3 is 0 Å². The van der Waals surface area contributed by atoms with Gasteiger partial charge in [-0.15, -0.1) is 0 Å². The number of hydrogen-bond acceptors (Lipinski definition) is 3. The van der Waals surface area contributed by atoms with Gasteiger partial charge in [-0.2, -0.15) is 0 Å². The van der Waals surface area contributed by atoms with Gasteiger partial charge in [0.25, 0.3) is 0 Å². The van der Waals surface area contributed by atoms with Crippen molar-refractivity contribution in [1.29, 1.82) is 0 Å². The van der Waals surface area contributed by atoms with Crippen LogP contribution < -0.4 is 5.32 Å². The second-order valence-corrected chi connectivity index (χ2v) is 4.54. The fraction of sp³-hybridized carbons (Fsp3) is 1.00. The number of rotatable bonds is 8. The lowest BCUT2D eigenvalue weighted by Crippen LogP contribution is -2.46. The highest BCUT2D eigenvalue weighted by Gasteiger charge is 2.23. The fourth-order valence-electron chi connectivity index (χ4n) is 2.07. The molecule has 1 fully saturated rings. The monoisotopic (exact) mass is 229 g/mol. The van der Waals surface area contributed by atoms with Crippen LogP contribution in [-0.2, 0) is 9.47 Å². The van der Waals surface area contributed by atoms with Crippen LogP contribution in [0, 0.1) is 0 Å². The maximum atomic E-state index is 5.83. The van der Waals surface area contributed by atoms with Gasteiger partial charge in [-0.05, 0) is 38.6 Å². The van der Waals surface area contributed by atoms with E-state index in [1.165, 1.54) is 19.3 Å². The van der Waals surface area contributed by atoms with Gasteiger partial charge in [0.1, 0.15) is 0 Å². The quantitative estimate of drug-likeness (QED) is 0.648. The largest absolute Gasteiger partial charge is 0.380 e. The van der Waals surface area contributed by atoms with E-state index in [-0.39, 0.29) is 0 Å². The minimum absolute atomic E-state index is 0.358. The van der Waals surface area contributed by atoms with Gasteiger partial charge < -0.3 is 14.8 Å². The molecular formula is C13H27NO2. The van der Waals surface area contributed by atoms with E-state index in [1.54, 1.807) is 0 Å². The molecule has 0 bridgehead atoms. The normalized spacial score (nSPS) is 23.2. The van der Waals surface area contributed by atoms with Gasteiger partial charge in [0.05, 0.1) is 18.8 Å². The summed E-state index contributed by atoms with van der Waals surface area (Å²) in [7, 11) is 0. The van der Waals surface area contributed by atoms with E-state index >= 15 is 0 Å². The number of nitrogens with one attached hydrogen (secondary N) is 1. The van der Waals surface area contributed by atoms with Crippen LogP contribution in [0.25, 0.3) is 0 Å². The SMILES string of the molecule is CCCNC(COCCC)C1CCCCO1. The van der Waals surface area contributed by atoms with Crippen molar-refractivity contribution in [3.05, 3.63) is 0 Å². The Morgan fingerprint density at radius 1 is 1.31 bits per heavy atom. The maximum Gasteiger partial charge on any atom is 0.0750 e. The summed E-state index contributed by atoms with van der Waals surface area (Å²) in [5, 5.41) is 3.55. The van der Waals surface area contributed by atoms with Crippen LogP contribution in [0.15, 0.2) is 0 Å². The topological polar surface area (TPSA) is 30.5 Å². The second kappa shape index (κ2) is 8.97. The molecule has 3 nitrogen and oxygen atoms in total. The highest BCUT2D eigenvalue weighted by atomic mass is 16.5. The average molecular weight is 229 g/mol. The molecule has 16 heavy (non-hydrogen) atoms. The van der Waals surface area contributed by atoms with E-state index in [9.17, 15) is 0 Å². The second-order valence-electron chi connectivity index (χ2n) is 4.54. The molecule has 1 N–H and O–H groups in total. The van der Waals surface area contributed by atoms with Gasteiger partial charge in [-0.1, -0.05) is 13.8 Å². The molecular weight excluding hydrogens is 202 g/mol. The maximum absolute atomic E-state index is 5.83. The van der Waals surface area contributed by atoms with Crippen LogP contribution >= 0.6 is 0 Å². The van der Waals surface area contributed by atoms with Crippen LogP contribution in [0.1, 0.15) is 46.0 Å². The summed E-state index contributed by atoms with van der Waals surface area (Å²) in [5.41, 5.74) is 0. The molecule has 0 spiro atoms. The highest BCUT2D eigenvalue weighted by molar-refractivity contribution is 4.79. The molecule has 0 saturated carbocycles. The van der Waals surface area contributed by atoms with E-state index in [0.29, 0.717) is 12.1 Å². The third-order valence-corrected chi connectivity index (χ3v) is 2.97. The summed E-state index contributed by atoms with van der Waals surface area (Å²) in [5.74, 6) is 0. The van der Waals surface area contributed by atoms with Crippen molar-refractivity contribution in [1.82, 2.24) is 5.32 Å². The van der Waals surface area contributed by atoms with Gasteiger partial charge in [0.15, 0.2) is 0 Å². The summed E-state index contributed by atoms with van der Waals surface area (Å²) in [4.78, 5) is 0. The average Bonchev–Trinajstić information content (AvgIpc) is 2.35. The number of ether oxygens (including phenoxy) is 2. The molecule has 1 saturated heterocycles. The van der Waals surface area contributed by atoms with Crippen LogP contribution in [0.2, 0.25) is 0 Å². The summed E-state index contributed by atoms with van der Waals surface area (Å²) in [6.07, 6.45) is 6.30. The van der Waals surface area contributed by atoms with Crippen molar-refractivity contribution in [3.63, 3.8) is 0 Å². The molecule has 0 aromatic rings. The Bertz CT molecular complexity index is 158. The van der Waals surface area contributed by atoms with Crippen LogP contribution in [0.4, 0.5) is 0 Å². The first kappa shape index (κ1) is 13.9. The van der Waals surface area contributed by atoms with E-state index < -0.39 is 0 Å². The van der Waals surface area contributed by atoms with Crippen molar-refractivity contribution in [3.8, 4) is 0 Å². The highest BCUT2D eigenvalue weighted by Crippen LogP contribution is 2.16. The molecule has 96 valence electrons. The molecule has 3 heteroatoms. The Hall–Kier alpha value is -0.120. The van der Waals surface area contributed by atoms with Crippen molar-refractivity contribution in [2.75, 3.05) is 26.4 Å². The minimum atomic E-state index is 0.358. The molecule has 2 atom stereocenters. The fourth-order valence-corrected chi connectivity index (χ4v) is 2.07. The molecule has 0 aromatic carbocycles. The predicted octanol–water partition coefficient (Wildman–Crippen LogP) is 2.35. The van der Waals surface area contributed by atoms with Crippen LogP contribution in [0.3, 0.4) is 0 Å². The van der Waals surface area contributed by atoms with Crippen molar-refractivity contribution < 1.29 is 9.47 Å². The smallest absolute Gasteiger partial charge is 0.0750 e. The van der Waals surface area contributed by atoms with Gasteiger partial charge in [-0.25, -0.2) is 0 Å². The van der Waals surface area contributed by atoms with Crippen molar-refractivity contribution >= 4 is 0 Å². The molecule has 0 aliphatic carbocycles. The minimum Gasteiger partial charge on any atom is -0.380 e. The van der Waals surface area contributed by atoms with Crippen molar-refractivity contribution in [2.45, 2.75) is 58.1 Å². The standard InChI is InChI=1S/C13H27NO2/c1-3-8-14-12(11-15-9-4-2)13-7-5-6-10-16-13/h12-14H,3-11H2,1-2H3. The van der Waals surface area contributed by atoms with Crippen LogP contribution in [-0.4, -0.2) is 38.5 Å². The van der Waals surface area contributed by atoms with Gasteiger partial charge in [0.2, 0.25) is 0 Å². The van der Waals surface area contributed by atoms with Gasteiger partial charge in [-0.3, -0.25) is 0 Å². The summed E-state index contributed by atoms with van der Waals surface area (Å²) in [6, 6.07) is 0.381. The Labute approximate surface area is 99.9 Å². The Morgan fingerprint density at radius 2 is 2.19 bits per heavy atom. The van der Waals surface area contributed by atoms with E-state index in [4.69, 9.17) is 9.47 Å². The first-order valence-corrected chi connectivity index (χ1v) is 6.81. The predicted molar refractivity (Wildman–Crippen MR) is 66.8 cm³/mol. The summed E-state index contributed by atoms with van der Waals surface area (Å²) < 4.78 is 11.5. The Kier molecular flexibility index (Phi) is 7.81. The molecule has 0 amide bonds. The third kappa shape index (κ3) is 5.28. The van der Waals surface area contributed by atoms with Crippen LogP contribution in [0.5, 0.6) is 0 Å². The van der Waals surface area contributed by atoms with Gasteiger partial charge in [0, 0.05) is 13.2 Å². The van der Waals surface area contributed by atoms with E-state index in [1.807, 2.05) is 0 Å². The van der Waals surface area contributed by atoms with Crippen molar-refractivity contribution in [2.24, 2.45) is 0 Å². The third-order valence-electron chi connectivity index (χ3n) is 2.97.